The van der Waals surface area contributed by atoms with E-state index in [2.05, 4.69) is 80.5 Å². The van der Waals surface area contributed by atoms with E-state index in [1.165, 1.54) is 20.3 Å². The largest absolute Gasteiger partial charge is 0.463 e. The molecule has 12 saturated carbocycles. The van der Waals surface area contributed by atoms with Gasteiger partial charge in [-0.2, -0.15) is 0 Å². The Morgan fingerprint density at radius 2 is 0.724 bits per heavy atom. The Labute approximate surface area is 629 Å². The molecule has 0 radical (unpaired) electrons. The highest BCUT2D eigenvalue weighted by molar-refractivity contribution is 5.85. The Morgan fingerprint density at radius 3 is 1.12 bits per heavy atom. The van der Waals surface area contributed by atoms with Crippen LogP contribution in [0.4, 0.5) is 0 Å². The molecule has 0 aromatic heterocycles. The number of esters is 7. The summed E-state index contributed by atoms with van der Waals surface area (Å²) < 4.78 is 44.5. The van der Waals surface area contributed by atoms with Crippen molar-refractivity contribution in [1.29, 1.82) is 0 Å². The number of carbonyl (C=O) groups excluding carboxylic acids is 7. The second-order valence-electron chi connectivity index (χ2n) is 39.2. The van der Waals surface area contributed by atoms with Crippen LogP contribution in [0.2, 0.25) is 0 Å². The Balaban J connectivity index is 0.634. The predicted octanol–water partition coefficient (Wildman–Crippen LogP) is 19.5. The second kappa shape index (κ2) is 30.0. The lowest BCUT2D eigenvalue weighted by Gasteiger charge is -2.63. The second-order valence-corrected chi connectivity index (χ2v) is 39.2. The highest BCUT2D eigenvalue weighted by Gasteiger charge is 2.69. The molecule has 0 heterocycles. The maximum atomic E-state index is 15.2. The molecular weight excluding hydrogens is 1320 g/mol. The van der Waals surface area contributed by atoms with Gasteiger partial charge in [0.05, 0.1) is 0 Å². The van der Waals surface area contributed by atoms with Crippen LogP contribution in [0.3, 0.4) is 0 Å². The molecule has 12 aliphatic carbocycles. The lowest BCUT2D eigenvalue weighted by atomic mass is 9.43. The number of rotatable bonds is 20. The number of hydrogen-bond acceptors (Lipinski definition) is 14. The summed E-state index contributed by atoms with van der Waals surface area (Å²) in [6, 6.07) is 14.4. The van der Waals surface area contributed by atoms with Gasteiger partial charge in [-0.15, -0.1) is 0 Å². The zero-order valence-corrected chi connectivity index (χ0v) is 66.5. The zero-order chi connectivity index (χ0) is 74.4. The zero-order valence-electron chi connectivity index (χ0n) is 66.5. The number of carbonyl (C=O) groups is 7. The molecule has 105 heavy (non-hydrogen) atoms. The third kappa shape index (κ3) is 14.0. The maximum absolute atomic E-state index is 15.2. The van der Waals surface area contributed by atoms with Gasteiger partial charge in [0.1, 0.15) is 43.2 Å². The van der Waals surface area contributed by atoms with Crippen molar-refractivity contribution < 1.29 is 66.7 Å². The van der Waals surface area contributed by atoms with Crippen molar-refractivity contribution in [3.8, 4) is 0 Å². The average molecular weight is 1450 g/mol. The Hall–Kier alpha value is -5.01. The molecule has 14 rings (SSSR count). The number of fused-ring (bicyclic) bond motifs is 16. The first kappa shape index (κ1) is 76.7. The van der Waals surface area contributed by atoms with E-state index in [0.717, 1.165) is 170 Å². The van der Waals surface area contributed by atoms with Crippen molar-refractivity contribution in [1.82, 2.24) is 0 Å². The maximum Gasteiger partial charge on any atom is 0.306 e. The molecule has 0 bridgehead atoms. The van der Waals surface area contributed by atoms with Crippen LogP contribution >= 0.6 is 0 Å². The SMILES string of the molecule is CC(=O)O[C@@H]1CC[C@@]2(C)[C@H](CC[C@@H]3[C@@H]2C[C@H](OC(C)=O)[C@]2(C)[C@@H]([C@H](C)CCC(=O)O[C@@H]4CC[C@@]5(C)[C@H](CC[C@@H]6[C@@H]5C[C@H](OC(=O)CC[C@@H](C)[C@H]5CC[C@H]7[C@@H]8CC[C@@H]9C[C@H](OC(C)=O)CC[C@]9(C)[C@H]8C[C@H](OC(C)=O)[C@]57C)[C@]5(C)[C@@H]([C@H](C)CCC(=O)OCc7cccc8ccccc78)CC[C@@H]65)C4)CC[C@@H]32)C1. The van der Waals surface area contributed by atoms with Gasteiger partial charge in [0.15, 0.2) is 0 Å². The molecule has 580 valence electrons. The third-order valence-corrected chi connectivity index (χ3v) is 34.9. The van der Waals surface area contributed by atoms with Crippen molar-refractivity contribution in [2.24, 2.45) is 139 Å². The quantitative estimate of drug-likeness (QED) is 0.0901. The summed E-state index contributed by atoms with van der Waals surface area (Å²) in [4.78, 5) is 93.6. The highest BCUT2D eigenvalue weighted by atomic mass is 16.6. The minimum atomic E-state index is -0.277. The van der Waals surface area contributed by atoms with E-state index in [4.69, 9.17) is 33.2 Å². The van der Waals surface area contributed by atoms with E-state index < -0.39 is 0 Å². The minimum absolute atomic E-state index is 0.00374. The molecule has 14 nitrogen and oxygen atoms in total. The molecule has 0 saturated heterocycles. The van der Waals surface area contributed by atoms with Crippen LogP contribution in [-0.4, -0.2) is 78.4 Å². The van der Waals surface area contributed by atoms with Gasteiger partial charge in [0.25, 0.3) is 0 Å². The molecule has 0 N–H and O–H groups in total. The highest BCUT2D eigenvalue weighted by Crippen LogP contribution is 2.73. The van der Waals surface area contributed by atoms with E-state index >= 15 is 4.79 Å². The van der Waals surface area contributed by atoms with Crippen molar-refractivity contribution in [3.63, 3.8) is 0 Å². The van der Waals surface area contributed by atoms with Gasteiger partial charge in [-0.25, -0.2) is 0 Å². The molecule has 14 heteroatoms. The van der Waals surface area contributed by atoms with Gasteiger partial charge in [-0.05, 0) is 312 Å². The van der Waals surface area contributed by atoms with Gasteiger partial charge in [-0.1, -0.05) is 105 Å². The van der Waals surface area contributed by atoms with Crippen LogP contribution in [0.5, 0.6) is 0 Å². The number of ether oxygens (including phenoxy) is 7. The van der Waals surface area contributed by atoms with Gasteiger partial charge in [0.2, 0.25) is 0 Å². The lowest BCUT2D eigenvalue weighted by molar-refractivity contribution is -0.200. The van der Waals surface area contributed by atoms with Crippen molar-refractivity contribution in [3.05, 3.63) is 48.0 Å². The van der Waals surface area contributed by atoms with Crippen molar-refractivity contribution in [2.45, 2.75) is 326 Å². The molecule has 2 aromatic carbocycles. The molecule has 12 aliphatic rings. The molecule has 0 unspecified atom stereocenters. The van der Waals surface area contributed by atoms with Crippen LogP contribution in [0.1, 0.15) is 288 Å². The normalized spacial score (nSPS) is 43.7. The summed E-state index contributed by atoms with van der Waals surface area (Å²) in [5, 5.41) is 2.23. The first-order chi connectivity index (χ1) is 50.0. The van der Waals surface area contributed by atoms with Gasteiger partial charge >= 0.3 is 41.8 Å². The van der Waals surface area contributed by atoms with Crippen molar-refractivity contribution >= 4 is 52.6 Å². The van der Waals surface area contributed by atoms with Crippen LogP contribution in [0.15, 0.2) is 42.5 Å². The average Bonchev–Trinajstić information content (AvgIpc) is 1.11. The smallest absolute Gasteiger partial charge is 0.306 e. The van der Waals surface area contributed by atoms with E-state index in [-0.39, 0.29) is 141 Å². The van der Waals surface area contributed by atoms with Gasteiger partial charge in [-0.3, -0.25) is 33.6 Å². The fraction of sp³-hybridized carbons (Fsp3) is 0.813. The topological polar surface area (TPSA) is 184 Å². The van der Waals surface area contributed by atoms with E-state index in [1.807, 2.05) is 24.3 Å². The summed E-state index contributed by atoms with van der Waals surface area (Å²) in [7, 11) is 0. The predicted molar refractivity (Wildman–Crippen MR) is 403 cm³/mol. The minimum Gasteiger partial charge on any atom is -0.463 e. The number of hydrogen-bond donors (Lipinski definition) is 0. The Bertz CT molecular complexity index is 3540. The molecular formula is C91H132O14. The van der Waals surface area contributed by atoms with Crippen LogP contribution in [0.25, 0.3) is 10.8 Å². The van der Waals surface area contributed by atoms with E-state index in [9.17, 15) is 28.8 Å². The van der Waals surface area contributed by atoms with Gasteiger partial charge in [0, 0.05) is 63.2 Å². The van der Waals surface area contributed by atoms with Crippen LogP contribution in [0, 0.1) is 139 Å². The van der Waals surface area contributed by atoms with Crippen LogP contribution < -0.4 is 0 Å². The molecule has 0 aliphatic heterocycles. The Morgan fingerprint density at radius 1 is 0.371 bits per heavy atom. The number of benzene rings is 2. The lowest BCUT2D eigenvalue weighted by Crippen LogP contribution is -2.60. The molecule has 12 fully saturated rings. The fourth-order valence-corrected chi connectivity index (χ4v) is 29.8. The monoisotopic (exact) mass is 1450 g/mol. The third-order valence-electron chi connectivity index (χ3n) is 34.9. The van der Waals surface area contributed by atoms with Crippen molar-refractivity contribution in [2.75, 3.05) is 0 Å². The fourth-order valence-electron chi connectivity index (χ4n) is 29.8. The van der Waals surface area contributed by atoms with Crippen LogP contribution in [-0.2, 0) is 73.3 Å². The van der Waals surface area contributed by atoms with E-state index in [1.54, 1.807) is 13.8 Å². The Kier molecular flexibility index (Phi) is 21.9. The molecule has 30 atom stereocenters. The molecule has 2 aromatic rings. The summed E-state index contributed by atoms with van der Waals surface area (Å²) in [6.07, 6.45) is 26.6. The first-order valence-electron chi connectivity index (χ1n) is 42.7. The summed E-state index contributed by atoms with van der Waals surface area (Å²) in [5.74, 6) is 5.83. The summed E-state index contributed by atoms with van der Waals surface area (Å²) in [6.45, 7) is 28.3. The van der Waals surface area contributed by atoms with E-state index in [0.29, 0.717) is 115 Å². The molecule has 0 spiro atoms. The summed E-state index contributed by atoms with van der Waals surface area (Å²) >= 11 is 0. The first-order valence-corrected chi connectivity index (χ1v) is 42.7. The molecule has 0 amide bonds. The standard InChI is InChI=1S/C91H132O14/c1-52(21-36-83(96)99-51-60-19-16-18-59-17-14-15-20-67(59)60)73-32-35-76-70-29-26-63-47-66(104-84(97)37-22-53(2)71-30-33-74-68-27-24-61-45-64(100-55(4)92)39-42-86(61,8)77(68)48-80(89(71,74)11)102-57(6)94)41-44-88(63,10)79(70)50-82(91(73,76)13)105-85(98)38-23-54(3)72-31-34-75-69-28-25-62-46-65(101-56(5)93)40-43-87(62,9)78(69)49-81(90(72,75)12)103-58(7)95/h14-20,52-54,61-66,68-82H,21-51H2,1-13H3/t52-,53-,54-,61-,62-,63-,64-,65-,66-,68+,69+,70+,71-,72-,73-,74+,75+,76+,77+,78+,79+,80+,81+,82+,86+,87+,88+,89-,90-,91-/m1/s1. The van der Waals surface area contributed by atoms with Gasteiger partial charge < -0.3 is 33.2 Å². The summed E-state index contributed by atoms with van der Waals surface area (Å²) in [5.41, 5.74) is 0.567.